The van der Waals surface area contributed by atoms with Crippen molar-refractivity contribution in [1.29, 1.82) is 0 Å². The van der Waals surface area contributed by atoms with Gasteiger partial charge in [0.25, 0.3) is 11.8 Å². The van der Waals surface area contributed by atoms with Crippen molar-refractivity contribution in [3.8, 4) is 0 Å². The topological polar surface area (TPSA) is 95.5 Å². The van der Waals surface area contributed by atoms with Gasteiger partial charge in [0.15, 0.2) is 0 Å². The number of hydrogen-bond acceptors (Lipinski definition) is 3. The lowest BCUT2D eigenvalue weighted by Crippen LogP contribution is -2.45. The van der Waals surface area contributed by atoms with Gasteiger partial charge in [-0.3, -0.25) is 9.59 Å². The molecule has 136 valence electrons. The van der Waals surface area contributed by atoms with E-state index in [9.17, 15) is 19.5 Å². The van der Waals surface area contributed by atoms with Gasteiger partial charge in [-0.2, -0.15) is 0 Å². The van der Waals surface area contributed by atoms with Gasteiger partial charge in [-0.15, -0.1) is 0 Å². The number of carbonyl (C=O) groups is 3. The van der Waals surface area contributed by atoms with Gasteiger partial charge < -0.3 is 15.7 Å². The van der Waals surface area contributed by atoms with E-state index in [4.69, 9.17) is 0 Å². The highest BCUT2D eigenvalue weighted by Crippen LogP contribution is 2.18. The van der Waals surface area contributed by atoms with Crippen LogP contribution in [0.15, 0.2) is 54.6 Å². The summed E-state index contributed by atoms with van der Waals surface area (Å²) in [6.45, 7) is 3.63. The molecule has 0 saturated heterocycles. The van der Waals surface area contributed by atoms with Gasteiger partial charge in [0.1, 0.15) is 6.04 Å². The minimum Gasteiger partial charge on any atom is -0.480 e. The van der Waals surface area contributed by atoms with Crippen molar-refractivity contribution in [2.45, 2.75) is 26.3 Å². The highest BCUT2D eigenvalue weighted by molar-refractivity contribution is 6.09. The molecule has 0 spiro atoms. The van der Waals surface area contributed by atoms with Crippen LogP contribution in [-0.4, -0.2) is 28.9 Å². The summed E-state index contributed by atoms with van der Waals surface area (Å²) in [5.41, 5.74) is 1.00. The molecular formula is C20H22N2O4. The van der Waals surface area contributed by atoms with Crippen LogP contribution in [0.5, 0.6) is 0 Å². The fourth-order valence-corrected chi connectivity index (χ4v) is 2.48. The normalized spacial score (nSPS) is 12.7. The van der Waals surface area contributed by atoms with E-state index in [2.05, 4.69) is 10.6 Å². The monoisotopic (exact) mass is 354 g/mol. The van der Waals surface area contributed by atoms with Crippen molar-refractivity contribution in [1.82, 2.24) is 5.32 Å². The molecule has 3 N–H and O–H groups in total. The van der Waals surface area contributed by atoms with Crippen molar-refractivity contribution in [3.05, 3.63) is 65.7 Å². The van der Waals surface area contributed by atoms with E-state index in [-0.39, 0.29) is 17.4 Å². The first-order valence-electron chi connectivity index (χ1n) is 8.43. The fourth-order valence-electron chi connectivity index (χ4n) is 2.48. The number of rotatable bonds is 7. The Morgan fingerprint density at radius 1 is 0.962 bits per heavy atom. The standard InChI is InChI=1S/C20H22N2O4/c1-3-13(2)17(20(25)26)22-19(24)15-11-7-8-12-16(15)21-18(23)14-9-5-4-6-10-14/h4-13,17H,3H2,1-2H3,(H,21,23)(H,22,24)(H,25,26)/t13-,17-/m1/s1. The maximum atomic E-state index is 12.6. The Hall–Kier alpha value is -3.15. The molecule has 2 rings (SSSR count). The largest absolute Gasteiger partial charge is 0.480 e. The van der Waals surface area contributed by atoms with Gasteiger partial charge >= 0.3 is 5.97 Å². The number of carboxylic acids is 1. The van der Waals surface area contributed by atoms with Gasteiger partial charge in [-0.25, -0.2) is 4.79 Å². The molecule has 0 aromatic heterocycles. The van der Waals surface area contributed by atoms with E-state index in [0.29, 0.717) is 17.7 Å². The molecule has 2 amide bonds. The Bertz CT molecular complexity index is 789. The highest BCUT2D eigenvalue weighted by atomic mass is 16.4. The fraction of sp³-hybridized carbons (Fsp3) is 0.250. The Morgan fingerprint density at radius 3 is 2.19 bits per heavy atom. The van der Waals surface area contributed by atoms with E-state index in [0.717, 1.165) is 0 Å². The second kappa shape index (κ2) is 8.80. The summed E-state index contributed by atoms with van der Waals surface area (Å²) in [6.07, 6.45) is 0.615. The van der Waals surface area contributed by atoms with Crippen molar-refractivity contribution >= 4 is 23.5 Å². The summed E-state index contributed by atoms with van der Waals surface area (Å²) < 4.78 is 0. The van der Waals surface area contributed by atoms with Crippen LogP contribution in [0, 0.1) is 5.92 Å². The summed E-state index contributed by atoms with van der Waals surface area (Å²) in [5.74, 6) is -2.19. The Kier molecular flexibility index (Phi) is 6.49. The molecule has 26 heavy (non-hydrogen) atoms. The van der Waals surface area contributed by atoms with Gasteiger partial charge in [-0.05, 0) is 30.2 Å². The minimum absolute atomic E-state index is 0.214. The lowest BCUT2D eigenvalue weighted by Gasteiger charge is -2.21. The average Bonchev–Trinajstić information content (AvgIpc) is 2.66. The lowest BCUT2D eigenvalue weighted by atomic mass is 9.98. The molecule has 2 aromatic rings. The average molecular weight is 354 g/mol. The third-order valence-corrected chi connectivity index (χ3v) is 4.22. The Morgan fingerprint density at radius 2 is 1.58 bits per heavy atom. The molecule has 0 aliphatic heterocycles. The maximum Gasteiger partial charge on any atom is 0.326 e. The number of hydrogen-bond donors (Lipinski definition) is 3. The SMILES string of the molecule is CC[C@@H](C)[C@@H](NC(=O)c1ccccc1NC(=O)c1ccccc1)C(=O)O. The first-order chi connectivity index (χ1) is 12.4. The molecule has 6 heteroatoms. The molecule has 2 atom stereocenters. The van der Waals surface area contributed by atoms with Gasteiger partial charge in [0, 0.05) is 5.56 Å². The van der Waals surface area contributed by atoms with Crippen LogP contribution in [0.2, 0.25) is 0 Å². The molecule has 0 aliphatic rings. The molecular weight excluding hydrogens is 332 g/mol. The summed E-state index contributed by atoms with van der Waals surface area (Å²) in [7, 11) is 0. The third kappa shape index (κ3) is 4.69. The molecule has 0 bridgehead atoms. The number of aliphatic carboxylic acids is 1. The predicted octanol–water partition coefficient (Wildman–Crippen LogP) is 3.17. The van der Waals surface area contributed by atoms with E-state index in [1.807, 2.05) is 6.92 Å². The summed E-state index contributed by atoms with van der Waals surface area (Å²) in [4.78, 5) is 36.4. The Labute approximate surface area is 152 Å². The molecule has 2 aromatic carbocycles. The van der Waals surface area contributed by atoms with Crippen molar-refractivity contribution in [2.75, 3.05) is 5.32 Å². The Balaban J connectivity index is 2.21. The number of carbonyl (C=O) groups excluding carboxylic acids is 2. The molecule has 0 aliphatic carbocycles. The lowest BCUT2D eigenvalue weighted by molar-refractivity contribution is -0.140. The van der Waals surface area contributed by atoms with Crippen LogP contribution >= 0.6 is 0 Å². The van der Waals surface area contributed by atoms with Gasteiger partial charge in [0.05, 0.1) is 11.3 Å². The highest BCUT2D eigenvalue weighted by Gasteiger charge is 2.26. The molecule has 0 unspecified atom stereocenters. The number of carboxylic acid groups (broad SMARTS) is 1. The molecule has 6 nitrogen and oxygen atoms in total. The molecule has 0 fully saturated rings. The number of amides is 2. The number of anilines is 1. The summed E-state index contributed by atoms with van der Waals surface area (Å²) in [6, 6.07) is 14.1. The van der Waals surface area contributed by atoms with Crippen LogP contribution in [0.3, 0.4) is 0 Å². The van der Waals surface area contributed by atoms with Gasteiger partial charge in [-0.1, -0.05) is 50.6 Å². The van der Waals surface area contributed by atoms with E-state index in [1.165, 1.54) is 0 Å². The number of para-hydroxylation sites is 1. The predicted molar refractivity (Wildman–Crippen MR) is 99.2 cm³/mol. The summed E-state index contributed by atoms with van der Waals surface area (Å²) in [5, 5.41) is 14.6. The van der Waals surface area contributed by atoms with Crippen LogP contribution in [-0.2, 0) is 4.79 Å². The zero-order valence-electron chi connectivity index (χ0n) is 14.7. The van der Waals surface area contributed by atoms with E-state index >= 15 is 0 Å². The van der Waals surface area contributed by atoms with Gasteiger partial charge in [0.2, 0.25) is 0 Å². The summed E-state index contributed by atoms with van der Waals surface area (Å²) >= 11 is 0. The quantitative estimate of drug-likeness (QED) is 0.712. The molecule has 0 heterocycles. The number of nitrogens with one attached hydrogen (secondary N) is 2. The first kappa shape index (κ1) is 19.2. The zero-order valence-corrected chi connectivity index (χ0v) is 14.7. The zero-order chi connectivity index (χ0) is 19.1. The van der Waals surface area contributed by atoms with Crippen LogP contribution < -0.4 is 10.6 Å². The van der Waals surface area contributed by atoms with Crippen molar-refractivity contribution < 1.29 is 19.5 Å². The smallest absolute Gasteiger partial charge is 0.326 e. The molecule has 0 saturated carbocycles. The third-order valence-electron chi connectivity index (χ3n) is 4.22. The van der Waals surface area contributed by atoms with E-state index < -0.39 is 17.9 Å². The van der Waals surface area contributed by atoms with Crippen LogP contribution in [0.4, 0.5) is 5.69 Å². The van der Waals surface area contributed by atoms with Crippen LogP contribution in [0.1, 0.15) is 41.0 Å². The number of benzene rings is 2. The first-order valence-corrected chi connectivity index (χ1v) is 8.43. The second-order valence-electron chi connectivity index (χ2n) is 6.04. The maximum absolute atomic E-state index is 12.6. The van der Waals surface area contributed by atoms with E-state index in [1.54, 1.807) is 61.5 Å². The molecule has 0 radical (unpaired) electrons. The van der Waals surface area contributed by atoms with Crippen LogP contribution in [0.25, 0.3) is 0 Å². The minimum atomic E-state index is -1.08. The van der Waals surface area contributed by atoms with Crippen molar-refractivity contribution in [2.24, 2.45) is 5.92 Å². The second-order valence-corrected chi connectivity index (χ2v) is 6.04. The van der Waals surface area contributed by atoms with Crippen molar-refractivity contribution in [3.63, 3.8) is 0 Å².